The average Bonchev–Trinajstić information content (AvgIpc) is 3.28. The van der Waals surface area contributed by atoms with Gasteiger partial charge in [-0.1, -0.05) is 31.0 Å². The van der Waals surface area contributed by atoms with Crippen LogP contribution in [0.2, 0.25) is 0 Å². The van der Waals surface area contributed by atoms with Crippen LogP contribution >= 0.6 is 0 Å². The number of aromatic nitrogens is 2. The lowest BCUT2D eigenvalue weighted by Crippen LogP contribution is -2.24. The van der Waals surface area contributed by atoms with Crippen LogP contribution < -0.4 is 21.9 Å². The van der Waals surface area contributed by atoms with Crippen LogP contribution in [0.5, 0.6) is 0 Å². The summed E-state index contributed by atoms with van der Waals surface area (Å²) >= 11 is 0. The van der Waals surface area contributed by atoms with Crippen molar-refractivity contribution in [1.29, 1.82) is 0 Å². The second kappa shape index (κ2) is 10.2. The molecule has 162 valence electrons. The first-order valence-corrected chi connectivity index (χ1v) is 11.1. The van der Waals surface area contributed by atoms with Gasteiger partial charge in [0.15, 0.2) is 0 Å². The number of carbonyl (C=O) groups excluding carboxylic acids is 1. The maximum atomic E-state index is 12.1. The topological polar surface area (TPSA) is 105 Å². The van der Waals surface area contributed by atoms with Gasteiger partial charge in [0.05, 0.1) is 11.1 Å². The second-order valence-electron chi connectivity index (χ2n) is 7.96. The summed E-state index contributed by atoms with van der Waals surface area (Å²) < 4.78 is 0. The third-order valence-corrected chi connectivity index (χ3v) is 5.78. The Labute approximate surface area is 182 Å². The van der Waals surface area contributed by atoms with Gasteiger partial charge in [0.25, 0.3) is 5.91 Å². The van der Waals surface area contributed by atoms with E-state index in [1.807, 2.05) is 0 Å². The Morgan fingerprint density at radius 2 is 1.84 bits per heavy atom. The third kappa shape index (κ3) is 5.11. The third-order valence-electron chi connectivity index (χ3n) is 5.78. The highest BCUT2D eigenvalue weighted by Gasteiger charge is 2.19. The molecule has 2 aromatic heterocycles. The fraction of sp³-hybridized carbons (Fsp3) is 0.375. The molecular formula is C24H30N6O. The molecule has 7 heteroatoms. The summed E-state index contributed by atoms with van der Waals surface area (Å²) in [7, 11) is 0. The van der Waals surface area contributed by atoms with Gasteiger partial charge in [-0.3, -0.25) is 9.78 Å². The molecule has 0 saturated heterocycles. The first-order chi connectivity index (χ1) is 15.3. The zero-order chi connectivity index (χ0) is 21.5. The van der Waals surface area contributed by atoms with E-state index in [2.05, 4.69) is 45.3 Å². The predicted octanol–water partition coefficient (Wildman–Crippen LogP) is 3.81. The number of unbranched alkanes of at least 4 members (excludes halogenated alkanes) is 3. The summed E-state index contributed by atoms with van der Waals surface area (Å²) in [4.78, 5) is 21.0. The van der Waals surface area contributed by atoms with E-state index in [1.54, 1.807) is 12.1 Å². The smallest absolute Gasteiger partial charge is 0.252 e. The average molecular weight is 419 g/mol. The standard InChI is InChI=1S/C24H30N6O/c25-30-22-13-12-17(16-28-22)24(31)27-15-6-2-1-5-14-26-23-18-8-3-4-10-20(18)29-21-11-7-9-19(21)23/h3-4,8,10,12-13,16H,1-2,5-7,9,11,14-15,25H2,(H,26,29)(H,27,31)(H,28,30). The van der Waals surface area contributed by atoms with E-state index < -0.39 is 0 Å². The maximum Gasteiger partial charge on any atom is 0.252 e. The van der Waals surface area contributed by atoms with E-state index in [0.29, 0.717) is 17.9 Å². The zero-order valence-electron chi connectivity index (χ0n) is 17.8. The molecule has 0 spiro atoms. The Morgan fingerprint density at radius 1 is 1.00 bits per heavy atom. The van der Waals surface area contributed by atoms with Crippen LogP contribution in [-0.4, -0.2) is 29.0 Å². The molecule has 0 unspecified atom stereocenters. The minimum atomic E-state index is -0.101. The highest BCUT2D eigenvalue weighted by atomic mass is 16.1. The molecule has 0 radical (unpaired) electrons. The van der Waals surface area contributed by atoms with Crippen LogP contribution in [0, 0.1) is 0 Å². The Bertz CT molecular complexity index is 1030. The van der Waals surface area contributed by atoms with Gasteiger partial charge in [-0.25, -0.2) is 10.8 Å². The molecular weight excluding hydrogens is 388 g/mol. The Kier molecular flexibility index (Phi) is 6.94. The summed E-state index contributed by atoms with van der Waals surface area (Å²) in [5, 5.41) is 7.88. The number of nitrogens with one attached hydrogen (secondary N) is 3. The highest BCUT2D eigenvalue weighted by molar-refractivity contribution is 5.94. The number of fused-ring (bicyclic) bond motifs is 2. The van der Waals surface area contributed by atoms with Gasteiger partial charge in [0.1, 0.15) is 5.82 Å². The van der Waals surface area contributed by atoms with Crippen molar-refractivity contribution >= 4 is 28.3 Å². The number of aryl methyl sites for hydroxylation is 1. The van der Waals surface area contributed by atoms with Crippen LogP contribution in [0.25, 0.3) is 10.9 Å². The zero-order valence-corrected chi connectivity index (χ0v) is 17.8. The van der Waals surface area contributed by atoms with Gasteiger partial charge in [0, 0.05) is 36.1 Å². The van der Waals surface area contributed by atoms with Crippen LogP contribution in [0.4, 0.5) is 11.5 Å². The molecule has 4 rings (SSSR count). The summed E-state index contributed by atoms with van der Waals surface area (Å²) in [6, 6.07) is 11.8. The molecule has 0 saturated carbocycles. The molecule has 0 bridgehead atoms. The number of nitrogens with zero attached hydrogens (tertiary/aromatic N) is 2. The number of anilines is 2. The Balaban J connectivity index is 1.17. The minimum absolute atomic E-state index is 0.101. The Hall–Kier alpha value is -3.19. The highest BCUT2D eigenvalue weighted by Crippen LogP contribution is 2.33. The second-order valence-corrected chi connectivity index (χ2v) is 7.96. The van der Waals surface area contributed by atoms with E-state index in [0.717, 1.165) is 50.6 Å². The number of amides is 1. The molecule has 1 aliphatic rings. The molecule has 1 aliphatic carbocycles. The van der Waals surface area contributed by atoms with E-state index in [4.69, 9.17) is 10.8 Å². The van der Waals surface area contributed by atoms with E-state index in [1.165, 1.54) is 34.9 Å². The lowest BCUT2D eigenvalue weighted by Gasteiger charge is -2.14. The Morgan fingerprint density at radius 3 is 2.65 bits per heavy atom. The molecule has 1 amide bonds. The quantitative estimate of drug-likeness (QED) is 0.227. The van der Waals surface area contributed by atoms with Crippen molar-refractivity contribution in [2.24, 2.45) is 5.84 Å². The molecule has 1 aromatic carbocycles. The number of nitrogens with two attached hydrogens (primary N) is 1. The van der Waals surface area contributed by atoms with Crippen LogP contribution in [-0.2, 0) is 12.8 Å². The fourth-order valence-electron chi connectivity index (χ4n) is 4.15. The van der Waals surface area contributed by atoms with Crippen LogP contribution in [0.15, 0.2) is 42.6 Å². The first-order valence-electron chi connectivity index (χ1n) is 11.1. The number of nitrogen functional groups attached to an aromatic ring is 1. The largest absolute Gasteiger partial charge is 0.384 e. The molecule has 5 N–H and O–H groups in total. The summed E-state index contributed by atoms with van der Waals surface area (Å²) in [5.41, 5.74) is 8.04. The summed E-state index contributed by atoms with van der Waals surface area (Å²) in [5.74, 6) is 5.72. The lowest BCUT2D eigenvalue weighted by molar-refractivity contribution is 0.0952. The van der Waals surface area contributed by atoms with Gasteiger partial charge in [0.2, 0.25) is 0 Å². The van der Waals surface area contributed by atoms with E-state index in [-0.39, 0.29) is 5.91 Å². The molecule has 31 heavy (non-hydrogen) atoms. The van der Waals surface area contributed by atoms with Gasteiger partial charge in [-0.15, -0.1) is 0 Å². The van der Waals surface area contributed by atoms with Crippen molar-refractivity contribution in [1.82, 2.24) is 15.3 Å². The van der Waals surface area contributed by atoms with Crippen LogP contribution in [0.3, 0.4) is 0 Å². The molecule has 0 atom stereocenters. The van der Waals surface area contributed by atoms with Crippen molar-refractivity contribution < 1.29 is 4.79 Å². The van der Waals surface area contributed by atoms with Gasteiger partial charge in [-0.2, -0.15) is 0 Å². The summed E-state index contributed by atoms with van der Waals surface area (Å²) in [6.45, 7) is 1.63. The SMILES string of the molecule is NNc1ccc(C(=O)NCCCCCCNc2c3c(nc4ccccc24)CCC3)cn1. The van der Waals surface area contributed by atoms with Gasteiger partial charge >= 0.3 is 0 Å². The fourth-order valence-corrected chi connectivity index (χ4v) is 4.15. The minimum Gasteiger partial charge on any atom is -0.384 e. The van der Waals surface area contributed by atoms with Crippen molar-refractivity contribution in [2.45, 2.75) is 44.9 Å². The number of hydrogen-bond acceptors (Lipinski definition) is 6. The molecule has 2 heterocycles. The number of benzene rings is 1. The number of hydrogen-bond donors (Lipinski definition) is 4. The maximum absolute atomic E-state index is 12.1. The van der Waals surface area contributed by atoms with E-state index >= 15 is 0 Å². The first kappa shape index (κ1) is 21.1. The molecule has 7 nitrogen and oxygen atoms in total. The summed E-state index contributed by atoms with van der Waals surface area (Å²) in [6.07, 6.45) is 9.23. The van der Waals surface area contributed by atoms with Crippen molar-refractivity contribution in [3.8, 4) is 0 Å². The number of hydrazine groups is 1. The van der Waals surface area contributed by atoms with Crippen molar-refractivity contribution in [3.05, 3.63) is 59.4 Å². The van der Waals surface area contributed by atoms with Crippen molar-refractivity contribution in [3.63, 3.8) is 0 Å². The lowest BCUT2D eigenvalue weighted by atomic mass is 10.1. The predicted molar refractivity (Wildman–Crippen MR) is 125 cm³/mol. The van der Waals surface area contributed by atoms with Crippen molar-refractivity contribution in [2.75, 3.05) is 23.8 Å². The number of carbonyl (C=O) groups is 1. The normalized spacial score (nSPS) is 12.5. The van der Waals surface area contributed by atoms with Gasteiger partial charge < -0.3 is 16.1 Å². The van der Waals surface area contributed by atoms with E-state index in [9.17, 15) is 4.79 Å². The number of rotatable bonds is 10. The van der Waals surface area contributed by atoms with Crippen LogP contribution in [0.1, 0.15) is 53.7 Å². The molecule has 0 aliphatic heterocycles. The number of pyridine rings is 2. The number of para-hydroxylation sites is 1. The molecule has 0 fully saturated rings. The monoisotopic (exact) mass is 418 g/mol. The van der Waals surface area contributed by atoms with Gasteiger partial charge in [-0.05, 0) is 55.9 Å². The molecule has 3 aromatic rings.